The highest BCUT2D eigenvalue weighted by Gasteiger charge is 2.42. The predicted molar refractivity (Wildman–Crippen MR) is 106 cm³/mol. The number of carbonyl (C=O) groups excluding carboxylic acids is 2. The summed E-state index contributed by atoms with van der Waals surface area (Å²) in [7, 11) is 0. The molecule has 4 rings (SSSR count). The monoisotopic (exact) mass is 385 g/mol. The van der Waals surface area contributed by atoms with Crippen LogP contribution in [0.5, 0.6) is 0 Å². The van der Waals surface area contributed by atoms with Crippen molar-refractivity contribution in [2.24, 2.45) is 5.92 Å². The Labute approximate surface area is 167 Å². The molecule has 0 aliphatic carbocycles. The van der Waals surface area contributed by atoms with Crippen LogP contribution in [0.15, 0.2) is 18.5 Å². The number of amides is 2. The van der Waals surface area contributed by atoms with Crippen LogP contribution < -0.4 is 0 Å². The van der Waals surface area contributed by atoms with Crippen LogP contribution in [0.1, 0.15) is 60.9 Å². The fourth-order valence-corrected chi connectivity index (χ4v) is 4.97. The van der Waals surface area contributed by atoms with Gasteiger partial charge in [-0.2, -0.15) is 0 Å². The Hall–Kier alpha value is -1.95. The average Bonchev–Trinajstić information content (AvgIpc) is 3.24. The summed E-state index contributed by atoms with van der Waals surface area (Å²) in [5.41, 5.74) is 1.50. The van der Waals surface area contributed by atoms with E-state index in [1.165, 1.54) is 0 Å². The van der Waals surface area contributed by atoms with E-state index in [1.54, 1.807) is 12.4 Å². The van der Waals surface area contributed by atoms with Crippen LogP contribution in [0.3, 0.4) is 0 Å². The van der Waals surface area contributed by atoms with Crippen molar-refractivity contribution in [2.45, 2.75) is 57.5 Å². The topological polar surface area (TPSA) is 62.7 Å². The molecule has 3 saturated heterocycles. The number of hydrogen-bond acceptors (Lipinski definition) is 4. The maximum absolute atomic E-state index is 12.8. The first-order valence-electron chi connectivity index (χ1n) is 10.7. The smallest absolute Gasteiger partial charge is 0.255 e. The van der Waals surface area contributed by atoms with E-state index < -0.39 is 0 Å². The van der Waals surface area contributed by atoms with Gasteiger partial charge >= 0.3 is 0 Å². The van der Waals surface area contributed by atoms with Gasteiger partial charge in [0.25, 0.3) is 5.91 Å². The van der Waals surface area contributed by atoms with Crippen LogP contribution in [0.2, 0.25) is 0 Å². The number of rotatable bonds is 3. The van der Waals surface area contributed by atoms with Gasteiger partial charge in [0.15, 0.2) is 0 Å². The Balaban J connectivity index is 1.33. The SMILES string of the molecule is Cc1ccncc1C(=O)N1CCC2(CC1)CC(CC(=O)N1CCCC1)CCO2. The fourth-order valence-electron chi connectivity index (χ4n) is 4.97. The summed E-state index contributed by atoms with van der Waals surface area (Å²) in [4.78, 5) is 33.4. The van der Waals surface area contributed by atoms with Gasteiger partial charge in [-0.05, 0) is 63.0 Å². The Morgan fingerprint density at radius 3 is 2.64 bits per heavy atom. The zero-order valence-electron chi connectivity index (χ0n) is 16.9. The lowest BCUT2D eigenvalue weighted by Gasteiger charge is -2.46. The molecular weight excluding hydrogens is 354 g/mol. The number of piperidine rings is 1. The summed E-state index contributed by atoms with van der Waals surface area (Å²) in [6.45, 7) is 5.95. The third-order valence-corrected chi connectivity index (χ3v) is 6.75. The maximum Gasteiger partial charge on any atom is 0.255 e. The van der Waals surface area contributed by atoms with Crippen LogP contribution in [0.4, 0.5) is 0 Å². The van der Waals surface area contributed by atoms with Crippen LogP contribution in [0, 0.1) is 12.8 Å². The second-order valence-electron chi connectivity index (χ2n) is 8.67. The Bertz CT molecular complexity index is 721. The molecular formula is C22H31N3O3. The van der Waals surface area contributed by atoms with Gasteiger partial charge in [-0.3, -0.25) is 14.6 Å². The molecule has 4 heterocycles. The summed E-state index contributed by atoms with van der Waals surface area (Å²) in [6.07, 6.45) is 9.95. The van der Waals surface area contributed by atoms with Gasteiger partial charge < -0.3 is 14.5 Å². The molecule has 28 heavy (non-hydrogen) atoms. The summed E-state index contributed by atoms with van der Waals surface area (Å²) < 4.78 is 6.23. The lowest BCUT2D eigenvalue weighted by molar-refractivity contribution is -0.140. The summed E-state index contributed by atoms with van der Waals surface area (Å²) >= 11 is 0. The molecule has 3 aliphatic rings. The van der Waals surface area contributed by atoms with E-state index in [0.717, 1.165) is 63.8 Å². The molecule has 0 N–H and O–H groups in total. The van der Waals surface area contributed by atoms with Gasteiger partial charge in [0.05, 0.1) is 11.2 Å². The zero-order valence-corrected chi connectivity index (χ0v) is 16.9. The highest BCUT2D eigenvalue weighted by molar-refractivity contribution is 5.95. The summed E-state index contributed by atoms with van der Waals surface area (Å²) in [5.74, 6) is 0.793. The van der Waals surface area contributed by atoms with Crippen LogP contribution >= 0.6 is 0 Å². The third-order valence-electron chi connectivity index (χ3n) is 6.75. The van der Waals surface area contributed by atoms with Crippen LogP contribution in [-0.4, -0.2) is 65.0 Å². The number of aromatic nitrogens is 1. The second kappa shape index (κ2) is 8.19. The minimum atomic E-state index is -0.158. The second-order valence-corrected chi connectivity index (χ2v) is 8.67. The van der Waals surface area contributed by atoms with Crippen molar-refractivity contribution < 1.29 is 14.3 Å². The summed E-state index contributed by atoms with van der Waals surface area (Å²) in [6, 6.07) is 1.88. The van der Waals surface area contributed by atoms with Gasteiger partial charge in [0.2, 0.25) is 5.91 Å². The van der Waals surface area contributed by atoms with Crippen molar-refractivity contribution in [1.82, 2.24) is 14.8 Å². The molecule has 3 fully saturated rings. The van der Waals surface area contributed by atoms with E-state index in [4.69, 9.17) is 4.74 Å². The number of aryl methyl sites for hydroxylation is 1. The quantitative estimate of drug-likeness (QED) is 0.803. The van der Waals surface area contributed by atoms with E-state index in [2.05, 4.69) is 4.98 Å². The van der Waals surface area contributed by atoms with Crippen molar-refractivity contribution in [3.05, 3.63) is 29.6 Å². The van der Waals surface area contributed by atoms with E-state index in [1.807, 2.05) is 22.8 Å². The van der Waals surface area contributed by atoms with Crippen molar-refractivity contribution in [2.75, 3.05) is 32.8 Å². The van der Waals surface area contributed by atoms with E-state index in [0.29, 0.717) is 36.9 Å². The molecule has 1 aromatic rings. The van der Waals surface area contributed by atoms with Crippen LogP contribution in [0.25, 0.3) is 0 Å². The first kappa shape index (κ1) is 19.4. The first-order chi connectivity index (χ1) is 13.6. The maximum atomic E-state index is 12.8. The molecule has 1 spiro atoms. The van der Waals surface area contributed by atoms with Gasteiger partial charge in [-0.1, -0.05) is 0 Å². The number of nitrogens with zero attached hydrogens (tertiary/aromatic N) is 3. The molecule has 152 valence electrons. The number of hydrogen-bond donors (Lipinski definition) is 0. The number of ether oxygens (including phenoxy) is 1. The number of pyridine rings is 1. The molecule has 0 bridgehead atoms. The number of carbonyl (C=O) groups is 2. The minimum absolute atomic E-state index is 0.0667. The van der Waals surface area contributed by atoms with E-state index in [9.17, 15) is 9.59 Å². The molecule has 6 heteroatoms. The minimum Gasteiger partial charge on any atom is -0.375 e. The highest BCUT2D eigenvalue weighted by Crippen LogP contribution is 2.39. The van der Waals surface area contributed by atoms with Crippen molar-refractivity contribution in [1.29, 1.82) is 0 Å². The lowest BCUT2D eigenvalue weighted by atomic mass is 9.78. The Morgan fingerprint density at radius 1 is 1.18 bits per heavy atom. The highest BCUT2D eigenvalue weighted by atomic mass is 16.5. The van der Waals surface area contributed by atoms with Gasteiger partial charge in [-0.25, -0.2) is 0 Å². The predicted octanol–water partition coefficient (Wildman–Crippen LogP) is 2.80. The largest absolute Gasteiger partial charge is 0.375 e. The zero-order chi connectivity index (χ0) is 19.6. The third kappa shape index (κ3) is 4.07. The van der Waals surface area contributed by atoms with Gasteiger partial charge in [0, 0.05) is 51.6 Å². The van der Waals surface area contributed by atoms with Crippen molar-refractivity contribution in [3.63, 3.8) is 0 Å². The molecule has 6 nitrogen and oxygen atoms in total. The summed E-state index contributed by atoms with van der Waals surface area (Å²) in [5, 5.41) is 0. The normalized spacial score (nSPS) is 24.5. The molecule has 2 amide bonds. The average molecular weight is 386 g/mol. The number of likely N-dealkylation sites (tertiary alicyclic amines) is 2. The lowest BCUT2D eigenvalue weighted by Crippen LogP contribution is -2.51. The standard InChI is InChI=1S/C22H31N3O3/c1-17-4-8-23-16-19(17)21(27)25-11-6-22(7-12-25)15-18(5-13-28-22)14-20(26)24-9-2-3-10-24/h4,8,16,18H,2-3,5-7,9-15H2,1H3. The van der Waals surface area contributed by atoms with E-state index in [-0.39, 0.29) is 11.5 Å². The molecule has 0 aromatic carbocycles. The van der Waals surface area contributed by atoms with Crippen molar-refractivity contribution >= 4 is 11.8 Å². The first-order valence-corrected chi connectivity index (χ1v) is 10.7. The molecule has 3 aliphatic heterocycles. The van der Waals surface area contributed by atoms with Gasteiger partial charge in [0.1, 0.15) is 0 Å². The Kier molecular flexibility index (Phi) is 5.67. The molecule has 0 saturated carbocycles. The van der Waals surface area contributed by atoms with Gasteiger partial charge in [-0.15, -0.1) is 0 Å². The molecule has 1 aromatic heterocycles. The van der Waals surface area contributed by atoms with E-state index >= 15 is 0 Å². The fraction of sp³-hybridized carbons (Fsp3) is 0.682. The van der Waals surface area contributed by atoms with Crippen molar-refractivity contribution in [3.8, 4) is 0 Å². The molecule has 1 unspecified atom stereocenters. The molecule has 0 radical (unpaired) electrons. The molecule has 1 atom stereocenters. The van der Waals surface area contributed by atoms with Crippen LogP contribution in [-0.2, 0) is 9.53 Å². The Morgan fingerprint density at radius 2 is 1.93 bits per heavy atom.